The molecule has 1 aliphatic carbocycles. The van der Waals surface area contributed by atoms with Crippen LogP contribution in [0.5, 0.6) is 0 Å². The van der Waals surface area contributed by atoms with Crippen molar-refractivity contribution in [1.82, 2.24) is 15.5 Å². The number of aromatic nitrogens is 2. The molecule has 1 aliphatic rings. The third-order valence-corrected chi connectivity index (χ3v) is 2.90. The molecule has 1 aromatic heterocycles. The van der Waals surface area contributed by atoms with Gasteiger partial charge in [-0.15, -0.1) is 0 Å². The molecule has 0 spiro atoms. The summed E-state index contributed by atoms with van der Waals surface area (Å²) < 4.78 is 11.0. The molecule has 1 atom stereocenters. The molecule has 1 aromatic rings. The van der Waals surface area contributed by atoms with Crippen molar-refractivity contribution < 1.29 is 9.26 Å². The summed E-state index contributed by atoms with van der Waals surface area (Å²) in [5.74, 6) is 1.90. The summed E-state index contributed by atoms with van der Waals surface area (Å²) in [6.45, 7) is 9.61. The topological polar surface area (TPSA) is 60.2 Å². The van der Waals surface area contributed by atoms with Crippen molar-refractivity contribution in [2.45, 2.75) is 58.7 Å². The van der Waals surface area contributed by atoms with E-state index < -0.39 is 0 Å². The minimum atomic E-state index is 0.0159. The first-order valence-corrected chi connectivity index (χ1v) is 6.68. The third-order valence-electron chi connectivity index (χ3n) is 2.90. The first kappa shape index (κ1) is 13.5. The summed E-state index contributed by atoms with van der Waals surface area (Å²) in [6.07, 6.45) is 2.42. The van der Waals surface area contributed by atoms with E-state index in [1.807, 2.05) is 6.92 Å². The molecule has 102 valence electrons. The highest BCUT2D eigenvalue weighted by molar-refractivity contribution is 4.98. The fourth-order valence-corrected chi connectivity index (χ4v) is 1.80. The van der Waals surface area contributed by atoms with Crippen molar-refractivity contribution in [2.75, 3.05) is 6.61 Å². The highest BCUT2D eigenvalue weighted by Crippen LogP contribution is 2.42. The zero-order valence-electron chi connectivity index (χ0n) is 11.7. The van der Waals surface area contributed by atoms with Crippen LogP contribution in [-0.2, 0) is 11.3 Å². The molecule has 0 aromatic carbocycles. The molecule has 1 fully saturated rings. The lowest BCUT2D eigenvalue weighted by atomic mass is 10.1. The van der Waals surface area contributed by atoms with Gasteiger partial charge in [0.15, 0.2) is 0 Å². The lowest BCUT2D eigenvalue weighted by Gasteiger charge is -2.18. The van der Waals surface area contributed by atoms with E-state index in [4.69, 9.17) is 9.26 Å². The molecule has 1 unspecified atom stereocenters. The second kappa shape index (κ2) is 5.36. The maximum atomic E-state index is 5.71. The first-order valence-electron chi connectivity index (χ1n) is 6.68. The monoisotopic (exact) mass is 253 g/mol. The van der Waals surface area contributed by atoms with Gasteiger partial charge in [0.2, 0.25) is 11.7 Å². The summed E-state index contributed by atoms with van der Waals surface area (Å²) in [5.41, 5.74) is 0.0461. The van der Waals surface area contributed by atoms with Gasteiger partial charge in [-0.05, 0) is 46.5 Å². The predicted molar refractivity (Wildman–Crippen MR) is 68.0 cm³/mol. The van der Waals surface area contributed by atoms with E-state index in [0.29, 0.717) is 30.8 Å². The van der Waals surface area contributed by atoms with E-state index in [1.165, 1.54) is 12.8 Å². The van der Waals surface area contributed by atoms with Crippen LogP contribution < -0.4 is 5.32 Å². The highest BCUT2D eigenvalue weighted by Gasteiger charge is 2.36. The van der Waals surface area contributed by atoms with Crippen LogP contribution in [0.15, 0.2) is 4.52 Å². The van der Waals surface area contributed by atoms with Gasteiger partial charge in [0, 0.05) is 12.1 Å². The molecule has 1 heterocycles. The van der Waals surface area contributed by atoms with E-state index in [0.717, 1.165) is 0 Å². The average Bonchev–Trinajstić information content (AvgIpc) is 3.01. The second-order valence-corrected chi connectivity index (χ2v) is 5.86. The summed E-state index contributed by atoms with van der Waals surface area (Å²) in [7, 11) is 0. The molecular formula is C13H23N3O2. The maximum absolute atomic E-state index is 5.71. The Morgan fingerprint density at radius 1 is 1.44 bits per heavy atom. The van der Waals surface area contributed by atoms with Gasteiger partial charge in [0.05, 0.1) is 6.54 Å². The summed E-state index contributed by atoms with van der Waals surface area (Å²) in [5, 5.41) is 7.38. The van der Waals surface area contributed by atoms with Crippen LogP contribution in [0, 0.1) is 5.92 Å². The highest BCUT2D eigenvalue weighted by atomic mass is 16.5. The zero-order chi connectivity index (χ0) is 13.2. The molecule has 0 radical (unpaired) electrons. The third kappa shape index (κ3) is 3.78. The number of hydrogen-bond donors (Lipinski definition) is 1. The molecular weight excluding hydrogens is 230 g/mol. The standard InChI is InChI=1S/C13H23N3O2/c1-5-17-11(9-6-7-9)12-15-10(18-16-12)8-14-13(2,3)4/h9,11,14H,5-8H2,1-4H3. The lowest BCUT2D eigenvalue weighted by Crippen LogP contribution is -2.35. The molecule has 18 heavy (non-hydrogen) atoms. The largest absolute Gasteiger partial charge is 0.370 e. The SMILES string of the molecule is CCOC(c1noc(CNC(C)(C)C)n1)C1CC1. The summed E-state index contributed by atoms with van der Waals surface area (Å²) in [4.78, 5) is 4.43. The fraction of sp³-hybridized carbons (Fsp3) is 0.846. The van der Waals surface area contributed by atoms with Gasteiger partial charge in [0.25, 0.3) is 0 Å². The molecule has 2 rings (SSSR count). The number of ether oxygens (including phenoxy) is 1. The normalized spacial score (nSPS) is 18.0. The van der Waals surface area contributed by atoms with Crippen molar-refractivity contribution >= 4 is 0 Å². The van der Waals surface area contributed by atoms with Crippen LogP contribution in [0.25, 0.3) is 0 Å². The second-order valence-electron chi connectivity index (χ2n) is 5.86. The van der Waals surface area contributed by atoms with Crippen molar-refractivity contribution in [1.29, 1.82) is 0 Å². The molecule has 0 bridgehead atoms. The molecule has 1 saturated carbocycles. The maximum Gasteiger partial charge on any atom is 0.240 e. The van der Waals surface area contributed by atoms with Crippen LogP contribution in [0.3, 0.4) is 0 Å². The van der Waals surface area contributed by atoms with Gasteiger partial charge in [-0.3, -0.25) is 0 Å². The Hall–Kier alpha value is -0.940. The number of nitrogens with one attached hydrogen (secondary N) is 1. The van der Waals surface area contributed by atoms with Crippen LogP contribution in [-0.4, -0.2) is 22.3 Å². The predicted octanol–water partition coefficient (Wildman–Crippen LogP) is 2.45. The summed E-state index contributed by atoms with van der Waals surface area (Å²) >= 11 is 0. The van der Waals surface area contributed by atoms with Crippen molar-refractivity contribution in [3.05, 3.63) is 11.7 Å². The number of nitrogens with zero attached hydrogens (tertiary/aromatic N) is 2. The Balaban J connectivity index is 1.95. The average molecular weight is 253 g/mol. The molecule has 5 heteroatoms. The van der Waals surface area contributed by atoms with E-state index in [-0.39, 0.29) is 11.6 Å². The van der Waals surface area contributed by atoms with E-state index in [9.17, 15) is 0 Å². The molecule has 0 amide bonds. The minimum absolute atomic E-state index is 0.0159. The van der Waals surface area contributed by atoms with Gasteiger partial charge >= 0.3 is 0 Å². The van der Waals surface area contributed by atoms with Gasteiger partial charge in [-0.1, -0.05) is 5.16 Å². The first-order chi connectivity index (χ1) is 8.49. The minimum Gasteiger partial charge on any atom is -0.370 e. The quantitative estimate of drug-likeness (QED) is 0.843. The van der Waals surface area contributed by atoms with Crippen LogP contribution >= 0.6 is 0 Å². The Labute approximate surface area is 108 Å². The summed E-state index contributed by atoms with van der Waals surface area (Å²) in [6, 6.07) is 0. The molecule has 1 N–H and O–H groups in total. The fourth-order valence-electron chi connectivity index (χ4n) is 1.80. The van der Waals surface area contributed by atoms with E-state index >= 15 is 0 Å². The molecule has 0 aliphatic heterocycles. The lowest BCUT2D eigenvalue weighted by molar-refractivity contribution is 0.0384. The van der Waals surface area contributed by atoms with Crippen LogP contribution in [0.2, 0.25) is 0 Å². The Morgan fingerprint density at radius 3 is 2.72 bits per heavy atom. The van der Waals surface area contributed by atoms with Gasteiger partial charge in [-0.25, -0.2) is 0 Å². The Morgan fingerprint density at radius 2 is 2.17 bits per heavy atom. The van der Waals surface area contributed by atoms with Crippen LogP contribution in [0.1, 0.15) is 58.4 Å². The van der Waals surface area contributed by atoms with Crippen LogP contribution in [0.4, 0.5) is 0 Å². The van der Waals surface area contributed by atoms with Gasteiger partial charge in [-0.2, -0.15) is 4.98 Å². The smallest absolute Gasteiger partial charge is 0.240 e. The van der Waals surface area contributed by atoms with Crippen molar-refractivity contribution in [3.8, 4) is 0 Å². The zero-order valence-corrected chi connectivity index (χ0v) is 11.7. The van der Waals surface area contributed by atoms with Crippen molar-refractivity contribution in [2.24, 2.45) is 5.92 Å². The van der Waals surface area contributed by atoms with E-state index in [1.54, 1.807) is 0 Å². The molecule has 0 saturated heterocycles. The number of hydrogen-bond acceptors (Lipinski definition) is 5. The van der Waals surface area contributed by atoms with Gasteiger partial charge in [0.1, 0.15) is 6.10 Å². The van der Waals surface area contributed by atoms with E-state index in [2.05, 4.69) is 36.2 Å². The van der Waals surface area contributed by atoms with Gasteiger partial charge < -0.3 is 14.6 Å². The number of rotatable bonds is 6. The molecule has 5 nitrogen and oxygen atoms in total. The Kier molecular flexibility index (Phi) is 4.02. The Bertz CT molecular complexity index is 380. The van der Waals surface area contributed by atoms with Crippen molar-refractivity contribution in [3.63, 3.8) is 0 Å².